The topological polar surface area (TPSA) is 106 Å². The molecule has 0 spiro atoms. The second-order valence-corrected chi connectivity index (χ2v) is 16.2. The first-order valence-corrected chi connectivity index (χ1v) is 16.5. The minimum atomic E-state index is -4.01. The van der Waals surface area contributed by atoms with E-state index in [0.717, 1.165) is 16.0 Å². The number of carbonyl (C=O) groups is 2. The number of sulfonamides is 1. The van der Waals surface area contributed by atoms with Crippen LogP contribution in [0.1, 0.15) is 79.1 Å². The fraction of sp³-hybridized carbons (Fsp3) is 0.441. The molecule has 244 valence electrons. The van der Waals surface area contributed by atoms with Crippen LogP contribution in [0, 0.1) is 0 Å². The molecule has 0 unspecified atom stereocenters. The van der Waals surface area contributed by atoms with Crippen LogP contribution in [0.3, 0.4) is 0 Å². The van der Waals surface area contributed by atoms with Gasteiger partial charge < -0.3 is 9.47 Å². The van der Waals surface area contributed by atoms with Crippen molar-refractivity contribution < 1.29 is 27.5 Å². The molecule has 1 heterocycles. The Morgan fingerprint density at radius 1 is 0.778 bits per heavy atom. The minimum absolute atomic E-state index is 0.0583. The second kappa shape index (κ2) is 13.9. The van der Waals surface area contributed by atoms with Crippen molar-refractivity contribution >= 4 is 39.5 Å². The summed E-state index contributed by atoms with van der Waals surface area (Å²) in [5.74, 6) is -0.530. The lowest BCUT2D eigenvalue weighted by molar-refractivity contribution is -0.153. The predicted octanol–water partition coefficient (Wildman–Crippen LogP) is 7.51. The summed E-state index contributed by atoms with van der Waals surface area (Å²) in [6, 6.07) is 18.7. The average molecular weight is 658 g/mol. The Hall–Kier alpha value is -3.47. The summed E-state index contributed by atoms with van der Waals surface area (Å²) in [5, 5.41) is 0.417. The van der Waals surface area contributed by atoms with Crippen LogP contribution in [0.25, 0.3) is 0 Å². The maximum Gasteiger partial charge on any atom is 0.416 e. The molecule has 3 rings (SSSR count). The molecule has 0 saturated heterocycles. The van der Waals surface area contributed by atoms with E-state index in [1.54, 1.807) is 59.7 Å². The first-order chi connectivity index (χ1) is 20.6. The van der Waals surface area contributed by atoms with Crippen LogP contribution in [0.15, 0.2) is 71.6 Å². The molecule has 1 amide bonds. The number of hydrogen-bond donors (Lipinski definition) is 0. The largest absolute Gasteiger partial charge is 0.459 e. The fourth-order valence-corrected chi connectivity index (χ4v) is 5.77. The number of halogens is 1. The van der Waals surface area contributed by atoms with Crippen LogP contribution in [-0.4, -0.2) is 47.5 Å². The number of pyridine rings is 1. The van der Waals surface area contributed by atoms with Crippen molar-refractivity contribution in [2.24, 2.45) is 0 Å². The van der Waals surface area contributed by atoms with E-state index < -0.39 is 39.8 Å². The van der Waals surface area contributed by atoms with Crippen LogP contribution >= 0.6 is 11.6 Å². The Bertz CT molecular complexity index is 1590. The van der Waals surface area contributed by atoms with Crippen molar-refractivity contribution in [3.63, 3.8) is 0 Å². The molecule has 0 atom stereocenters. The lowest BCUT2D eigenvalue weighted by Gasteiger charge is -2.28. The maximum absolute atomic E-state index is 13.9. The monoisotopic (exact) mass is 657 g/mol. The van der Waals surface area contributed by atoms with E-state index in [-0.39, 0.29) is 29.2 Å². The van der Waals surface area contributed by atoms with Gasteiger partial charge in [-0.25, -0.2) is 18.2 Å². The van der Waals surface area contributed by atoms with Crippen LogP contribution < -0.4 is 4.90 Å². The predicted molar refractivity (Wildman–Crippen MR) is 177 cm³/mol. The number of amides is 1. The summed E-state index contributed by atoms with van der Waals surface area (Å²) >= 11 is 6.04. The molecule has 0 radical (unpaired) electrons. The Morgan fingerprint density at radius 3 is 1.89 bits per heavy atom. The summed E-state index contributed by atoms with van der Waals surface area (Å²) < 4.78 is 40.2. The summed E-state index contributed by atoms with van der Waals surface area (Å²) in [4.78, 5) is 31.8. The van der Waals surface area contributed by atoms with Gasteiger partial charge in [-0.05, 0) is 94.5 Å². The number of benzene rings is 2. The van der Waals surface area contributed by atoms with E-state index in [1.165, 1.54) is 28.6 Å². The molecule has 3 aromatic rings. The van der Waals surface area contributed by atoms with Gasteiger partial charge in [0.2, 0.25) is 10.0 Å². The van der Waals surface area contributed by atoms with Crippen molar-refractivity contribution in [2.45, 2.75) is 96.9 Å². The average Bonchev–Trinajstić information content (AvgIpc) is 2.89. The summed E-state index contributed by atoms with van der Waals surface area (Å²) in [7, 11) is -4.01. The van der Waals surface area contributed by atoms with Crippen molar-refractivity contribution in [2.75, 3.05) is 11.4 Å². The van der Waals surface area contributed by atoms with E-state index >= 15 is 0 Å². The van der Waals surface area contributed by atoms with Gasteiger partial charge in [0.05, 0.1) is 17.1 Å². The van der Waals surface area contributed by atoms with Gasteiger partial charge in [0.25, 0.3) is 0 Å². The molecule has 2 aromatic carbocycles. The zero-order chi connectivity index (χ0) is 33.8. The van der Waals surface area contributed by atoms with E-state index in [2.05, 4.69) is 25.8 Å². The first-order valence-electron chi connectivity index (χ1n) is 14.7. The fourth-order valence-electron chi connectivity index (χ4n) is 4.24. The summed E-state index contributed by atoms with van der Waals surface area (Å²) in [6.45, 7) is 16.2. The molecular formula is C34H44ClN3O6S. The molecule has 0 fully saturated rings. The Balaban J connectivity index is 2.01. The van der Waals surface area contributed by atoms with Crippen LogP contribution in [0.2, 0.25) is 5.02 Å². The van der Waals surface area contributed by atoms with Crippen molar-refractivity contribution in [1.29, 1.82) is 0 Å². The van der Waals surface area contributed by atoms with Gasteiger partial charge in [0, 0.05) is 11.6 Å². The molecule has 0 aliphatic heterocycles. The van der Waals surface area contributed by atoms with Crippen LogP contribution in [-0.2, 0) is 42.8 Å². The van der Waals surface area contributed by atoms with Gasteiger partial charge >= 0.3 is 12.1 Å². The number of carbonyl (C=O) groups excluding carboxylic acids is 2. The highest BCUT2D eigenvalue weighted by Crippen LogP contribution is 2.26. The van der Waals surface area contributed by atoms with Gasteiger partial charge in [0.1, 0.15) is 23.6 Å². The lowest BCUT2D eigenvalue weighted by atomic mass is 9.87. The number of nitrogens with zero attached hydrogens (tertiary/aromatic N) is 3. The van der Waals surface area contributed by atoms with Gasteiger partial charge in [-0.1, -0.05) is 62.7 Å². The zero-order valence-corrected chi connectivity index (χ0v) is 29.1. The maximum atomic E-state index is 13.9. The third-order valence-corrected chi connectivity index (χ3v) is 8.42. The van der Waals surface area contributed by atoms with E-state index in [0.29, 0.717) is 10.7 Å². The number of ether oxygens (including phenoxy) is 2. The molecule has 1 aromatic heterocycles. The third kappa shape index (κ3) is 10.8. The van der Waals surface area contributed by atoms with Crippen molar-refractivity contribution in [1.82, 2.24) is 9.29 Å². The number of rotatable bonds is 9. The quantitative estimate of drug-likeness (QED) is 0.219. The molecule has 45 heavy (non-hydrogen) atoms. The van der Waals surface area contributed by atoms with Crippen LogP contribution in [0.4, 0.5) is 10.6 Å². The van der Waals surface area contributed by atoms with Crippen molar-refractivity contribution in [3.8, 4) is 0 Å². The number of hydrogen-bond acceptors (Lipinski definition) is 7. The Morgan fingerprint density at radius 2 is 1.36 bits per heavy atom. The highest BCUT2D eigenvalue weighted by Gasteiger charge is 2.30. The summed E-state index contributed by atoms with van der Waals surface area (Å²) in [6.07, 6.45) is -0.789. The van der Waals surface area contributed by atoms with E-state index in [9.17, 15) is 18.0 Å². The molecular weight excluding hydrogens is 614 g/mol. The van der Waals surface area contributed by atoms with Gasteiger partial charge in [0.15, 0.2) is 0 Å². The Labute approximate surface area is 272 Å². The third-order valence-electron chi connectivity index (χ3n) is 6.36. The molecule has 0 aliphatic rings. The zero-order valence-electron chi connectivity index (χ0n) is 27.5. The van der Waals surface area contributed by atoms with E-state index in [4.69, 9.17) is 21.1 Å². The second-order valence-electron chi connectivity index (χ2n) is 13.8. The minimum Gasteiger partial charge on any atom is -0.459 e. The number of anilines is 1. The molecule has 0 bridgehead atoms. The number of esters is 1. The summed E-state index contributed by atoms with van der Waals surface area (Å²) in [5.41, 5.74) is 0.601. The number of aromatic nitrogens is 1. The van der Waals surface area contributed by atoms with Gasteiger partial charge in [-0.15, -0.1) is 0 Å². The first kappa shape index (κ1) is 36.0. The smallest absolute Gasteiger partial charge is 0.416 e. The highest BCUT2D eigenvalue weighted by molar-refractivity contribution is 7.89. The molecule has 0 aliphatic carbocycles. The van der Waals surface area contributed by atoms with Crippen LogP contribution in [0.5, 0.6) is 0 Å². The lowest BCUT2D eigenvalue weighted by Crippen LogP contribution is -2.42. The standard InChI is InChI=1S/C34H44ClN3O6S/c1-32(2,3)25-15-13-24(14-16-25)21-37(45(41,42)28-19-17-26(35)18-20-28)22-27-11-10-12-29(36-27)38(31(40)44-34(7,8)9)23-30(39)43-33(4,5)6/h10-20H,21-23H2,1-9H3. The molecule has 9 nitrogen and oxygen atoms in total. The molecule has 11 heteroatoms. The molecule has 0 saturated carbocycles. The van der Waals surface area contributed by atoms with Gasteiger partial charge in [-0.3, -0.25) is 9.69 Å². The van der Waals surface area contributed by atoms with Gasteiger partial charge in [-0.2, -0.15) is 4.31 Å². The SMILES string of the molecule is CC(C)(C)OC(=O)CN(C(=O)OC(C)(C)C)c1cccc(CN(Cc2ccc(C(C)(C)C)cc2)S(=O)(=O)c2ccc(Cl)cc2)n1. The molecule has 0 N–H and O–H groups in total. The Kier molecular flexibility index (Phi) is 11.1. The van der Waals surface area contributed by atoms with Crippen molar-refractivity contribution in [3.05, 3.63) is 88.6 Å². The highest BCUT2D eigenvalue weighted by atomic mass is 35.5. The van der Waals surface area contributed by atoms with E-state index in [1.807, 2.05) is 24.3 Å². The normalized spacial score (nSPS) is 12.6.